The first-order valence-corrected chi connectivity index (χ1v) is 7.51. The first kappa shape index (κ1) is 17.5. The summed E-state index contributed by atoms with van der Waals surface area (Å²) in [6.07, 6.45) is 1.35. The summed E-state index contributed by atoms with van der Waals surface area (Å²) in [5.41, 5.74) is 0.800. The number of carbonyl (C=O) groups excluding carboxylic acids is 2. The molecule has 2 rings (SSSR count). The lowest BCUT2D eigenvalue weighted by Gasteiger charge is -2.27. The van der Waals surface area contributed by atoms with Crippen molar-refractivity contribution in [2.45, 2.75) is 6.92 Å². The van der Waals surface area contributed by atoms with Crippen LogP contribution in [0.1, 0.15) is 12.5 Å². The molecule has 0 aliphatic carbocycles. The van der Waals surface area contributed by atoms with Crippen LogP contribution in [-0.2, 0) is 9.59 Å². The summed E-state index contributed by atoms with van der Waals surface area (Å²) in [6, 6.07) is 4.26. The van der Waals surface area contributed by atoms with Gasteiger partial charge in [-0.2, -0.15) is 0 Å². The lowest BCUT2D eigenvalue weighted by atomic mass is 10.0. The van der Waals surface area contributed by atoms with E-state index in [-0.39, 0.29) is 16.4 Å². The van der Waals surface area contributed by atoms with Crippen LogP contribution in [0.15, 0.2) is 23.8 Å². The summed E-state index contributed by atoms with van der Waals surface area (Å²) in [6.45, 7) is 2.04. The van der Waals surface area contributed by atoms with Crippen LogP contribution in [0, 0.1) is 10.1 Å². The van der Waals surface area contributed by atoms with Crippen molar-refractivity contribution in [1.82, 2.24) is 10.2 Å². The molecule has 1 fully saturated rings. The number of nitrogens with one attached hydrogen (secondary N) is 1. The molecule has 1 aliphatic rings. The minimum absolute atomic E-state index is 0.0523. The van der Waals surface area contributed by atoms with E-state index in [1.54, 1.807) is 32.0 Å². The number of likely N-dealkylation sites (N-methyl/N-ethyl adjacent to an activating group) is 1. The summed E-state index contributed by atoms with van der Waals surface area (Å²) in [5, 5.41) is 13.5. The van der Waals surface area contributed by atoms with Crippen molar-refractivity contribution in [3.05, 3.63) is 39.4 Å². The summed E-state index contributed by atoms with van der Waals surface area (Å²) < 4.78 is 0. The van der Waals surface area contributed by atoms with Crippen molar-refractivity contribution in [2.75, 3.05) is 25.5 Å². The van der Waals surface area contributed by atoms with E-state index in [1.807, 2.05) is 0 Å². The van der Waals surface area contributed by atoms with Crippen LogP contribution < -0.4 is 10.2 Å². The van der Waals surface area contributed by atoms with Crippen LogP contribution in [0.25, 0.3) is 6.08 Å². The standard InChI is InChI=1S/C15H16N4O4S/c1-4-18-14(21)11(13(20)16-15(18)24)8-9-7-10(19(22)23)5-6-12(9)17(2)3/h5-8H,4H2,1-3H3,(H,16,20,24)/b11-8-. The molecule has 0 radical (unpaired) electrons. The molecule has 0 bridgehead atoms. The van der Waals surface area contributed by atoms with Crippen LogP contribution in [0.5, 0.6) is 0 Å². The molecular formula is C15H16N4O4S. The van der Waals surface area contributed by atoms with Crippen molar-refractivity contribution in [3.63, 3.8) is 0 Å². The van der Waals surface area contributed by atoms with Crippen molar-refractivity contribution in [1.29, 1.82) is 0 Å². The Morgan fingerprint density at radius 3 is 2.58 bits per heavy atom. The smallest absolute Gasteiger partial charge is 0.270 e. The highest BCUT2D eigenvalue weighted by molar-refractivity contribution is 7.80. The highest BCUT2D eigenvalue weighted by Gasteiger charge is 2.32. The van der Waals surface area contributed by atoms with Gasteiger partial charge >= 0.3 is 0 Å². The number of benzene rings is 1. The van der Waals surface area contributed by atoms with Crippen molar-refractivity contribution in [2.24, 2.45) is 0 Å². The van der Waals surface area contributed by atoms with Crippen LogP contribution in [0.4, 0.5) is 11.4 Å². The van der Waals surface area contributed by atoms with Gasteiger partial charge in [-0.3, -0.25) is 29.9 Å². The third-order valence-electron chi connectivity index (χ3n) is 3.51. The van der Waals surface area contributed by atoms with E-state index < -0.39 is 16.7 Å². The summed E-state index contributed by atoms with van der Waals surface area (Å²) in [5.74, 6) is -1.15. The second-order valence-corrected chi connectivity index (χ2v) is 5.65. The van der Waals surface area contributed by atoms with Gasteiger partial charge in [0.2, 0.25) is 0 Å². The molecule has 0 unspecified atom stereocenters. The highest BCUT2D eigenvalue weighted by atomic mass is 32.1. The van der Waals surface area contributed by atoms with Gasteiger partial charge in [0.15, 0.2) is 5.11 Å². The van der Waals surface area contributed by atoms with E-state index in [0.717, 1.165) is 0 Å². The first-order chi connectivity index (χ1) is 11.3. The Morgan fingerprint density at radius 2 is 2.04 bits per heavy atom. The number of amides is 2. The number of nitro groups is 1. The summed E-state index contributed by atoms with van der Waals surface area (Å²) >= 11 is 4.97. The molecular weight excluding hydrogens is 332 g/mol. The fraction of sp³-hybridized carbons (Fsp3) is 0.267. The van der Waals surface area contributed by atoms with Crippen molar-refractivity contribution < 1.29 is 14.5 Å². The third kappa shape index (κ3) is 3.25. The molecule has 0 aromatic heterocycles. The number of nitro benzene ring substituents is 1. The number of anilines is 1. The number of carbonyl (C=O) groups is 2. The Bertz CT molecular complexity index is 773. The molecule has 0 atom stereocenters. The largest absolute Gasteiger partial charge is 0.377 e. The molecule has 126 valence electrons. The zero-order valence-corrected chi connectivity index (χ0v) is 14.2. The highest BCUT2D eigenvalue weighted by Crippen LogP contribution is 2.27. The van der Waals surface area contributed by atoms with Gasteiger partial charge in [0.05, 0.1) is 4.92 Å². The molecule has 1 aromatic rings. The lowest BCUT2D eigenvalue weighted by molar-refractivity contribution is -0.384. The van der Waals surface area contributed by atoms with Gasteiger partial charge in [-0.05, 0) is 31.3 Å². The zero-order valence-electron chi connectivity index (χ0n) is 13.4. The van der Waals surface area contributed by atoms with Crippen LogP contribution in [-0.4, -0.2) is 47.4 Å². The first-order valence-electron chi connectivity index (χ1n) is 7.11. The monoisotopic (exact) mass is 348 g/mol. The number of rotatable bonds is 4. The molecule has 1 aromatic carbocycles. The third-order valence-corrected chi connectivity index (χ3v) is 3.83. The zero-order chi connectivity index (χ0) is 18.0. The number of non-ortho nitro benzene ring substituents is 1. The molecule has 0 saturated carbocycles. The van der Waals surface area contributed by atoms with E-state index in [0.29, 0.717) is 17.8 Å². The van der Waals surface area contributed by atoms with Gasteiger partial charge in [-0.15, -0.1) is 0 Å². The Morgan fingerprint density at radius 1 is 1.38 bits per heavy atom. The molecule has 1 heterocycles. The molecule has 9 heteroatoms. The number of nitrogens with zero attached hydrogens (tertiary/aromatic N) is 3. The molecule has 1 saturated heterocycles. The minimum Gasteiger partial charge on any atom is -0.377 e. The Balaban J connectivity index is 2.57. The SMILES string of the molecule is CCN1C(=O)/C(=C\c2cc([N+](=O)[O-])ccc2N(C)C)C(=O)NC1=S. The summed E-state index contributed by atoms with van der Waals surface area (Å²) in [4.78, 5) is 38.0. The summed E-state index contributed by atoms with van der Waals surface area (Å²) in [7, 11) is 3.53. The van der Waals surface area contributed by atoms with Gasteiger partial charge in [0, 0.05) is 44.0 Å². The second kappa shape index (κ2) is 6.75. The Labute approximate surface area is 143 Å². The molecule has 24 heavy (non-hydrogen) atoms. The Kier molecular flexibility index (Phi) is 4.93. The second-order valence-electron chi connectivity index (χ2n) is 5.26. The van der Waals surface area contributed by atoms with Crippen molar-refractivity contribution >= 4 is 46.6 Å². The van der Waals surface area contributed by atoms with E-state index >= 15 is 0 Å². The predicted molar refractivity (Wildman–Crippen MR) is 93.5 cm³/mol. The molecule has 2 amide bonds. The lowest BCUT2D eigenvalue weighted by Crippen LogP contribution is -2.53. The normalized spacial score (nSPS) is 16.4. The van der Waals surface area contributed by atoms with Gasteiger partial charge in [-0.1, -0.05) is 0 Å². The van der Waals surface area contributed by atoms with Gasteiger partial charge in [0.1, 0.15) is 5.57 Å². The maximum absolute atomic E-state index is 12.4. The van der Waals surface area contributed by atoms with E-state index in [4.69, 9.17) is 12.2 Å². The van der Waals surface area contributed by atoms with Gasteiger partial charge in [-0.25, -0.2) is 0 Å². The molecule has 1 aliphatic heterocycles. The number of hydrogen-bond acceptors (Lipinski definition) is 6. The number of thiocarbonyl (C=S) groups is 1. The molecule has 8 nitrogen and oxygen atoms in total. The predicted octanol–water partition coefficient (Wildman–Crippen LogP) is 1.31. The average molecular weight is 348 g/mol. The van der Waals surface area contributed by atoms with E-state index in [9.17, 15) is 19.7 Å². The van der Waals surface area contributed by atoms with Crippen LogP contribution in [0.3, 0.4) is 0 Å². The van der Waals surface area contributed by atoms with E-state index in [1.165, 1.54) is 23.1 Å². The average Bonchev–Trinajstić information content (AvgIpc) is 2.51. The fourth-order valence-corrected chi connectivity index (χ4v) is 2.62. The minimum atomic E-state index is -0.620. The van der Waals surface area contributed by atoms with E-state index in [2.05, 4.69) is 5.32 Å². The fourth-order valence-electron chi connectivity index (χ4n) is 2.32. The topological polar surface area (TPSA) is 95.8 Å². The Hall–Kier alpha value is -2.81. The molecule has 0 spiro atoms. The number of hydrogen-bond donors (Lipinski definition) is 1. The van der Waals surface area contributed by atoms with Gasteiger partial charge < -0.3 is 4.90 Å². The maximum atomic E-state index is 12.4. The van der Waals surface area contributed by atoms with Crippen LogP contribution >= 0.6 is 12.2 Å². The maximum Gasteiger partial charge on any atom is 0.270 e. The van der Waals surface area contributed by atoms with Gasteiger partial charge in [0.25, 0.3) is 17.5 Å². The molecule has 1 N–H and O–H groups in total. The quantitative estimate of drug-likeness (QED) is 0.290. The van der Waals surface area contributed by atoms with Crippen LogP contribution in [0.2, 0.25) is 0 Å². The van der Waals surface area contributed by atoms with Crippen molar-refractivity contribution in [3.8, 4) is 0 Å².